The van der Waals surface area contributed by atoms with Crippen molar-refractivity contribution < 1.29 is 4.79 Å². The van der Waals surface area contributed by atoms with Gasteiger partial charge in [0.25, 0.3) is 0 Å². The van der Waals surface area contributed by atoms with Gasteiger partial charge in [-0.25, -0.2) is 0 Å². The lowest BCUT2D eigenvalue weighted by atomic mass is 10.1. The molecule has 1 aromatic carbocycles. The fourth-order valence-electron chi connectivity index (χ4n) is 2.51. The molecule has 0 heterocycles. The molecule has 19 heavy (non-hydrogen) atoms. The van der Waals surface area contributed by atoms with Gasteiger partial charge in [0, 0.05) is 12.8 Å². The minimum atomic E-state index is 0.315. The highest BCUT2D eigenvalue weighted by Crippen LogP contribution is 2.33. The SMILES string of the molecule is C=CC1=C(/C=C\CC(=O)CCC)Cc2ccccc21. The summed E-state index contributed by atoms with van der Waals surface area (Å²) in [5, 5.41) is 0. The number of hydrogen-bond donors (Lipinski definition) is 0. The Morgan fingerprint density at radius 3 is 2.89 bits per heavy atom. The summed E-state index contributed by atoms with van der Waals surface area (Å²) < 4.78 is 0. The van der Waals surface area contributed by atoms with Crippen LogP contribution < -0.4 is 0 Å². The van der Waals surface area contributed by atoms with Crippen molar-refractivity contribution in [1.29, 1.82) is 0 Å². The van der Waals surface area contributed by atoms with Gasteiger partial charge in [0.1, 0.15) is 5.78 Å². The second-order valence-electron chi connectivity index (χ2n) is 4.87. The molecule has 0 saturated heterocycles. The van der Waals surface area contributed by atoms with E-state index in [-0.39, 0.29) is 0 Å². The van der Waals surface area contributed by atoms with Gasteiger partial charge in [-0.3, -0.25) is 4.79 Å². The van der Waals surface area contributed by atoms with Crippen molar-refractivity contribution >= 4 is 11.4 Å². The summed E-state index contributed by atoms with van der Waals surface area (Å²) in [6.07, 6.45) is 9.08. The summed E-state index contributed by atoms with van der Waals surface area (Å²) in [4.78, 5) is 11.5. The Kier molecular flexibility index (Phi) is 4.51. The fourth-order valence-corrected chi connectivity index (χ4v) is 2.51. The highest BCUT2D eigenvalue weighted by atomic mass is 16.1. The van der Waals surface area contributed by atoms with Crippen LogP contribution in [-0.2, 0) is 11.2 Å². The molecule has 2 rings (SSSR count). The Morgan fingerprint density at radius 2 is 2.16 bits per heavy atom. The van der Waals surface area contributed by atoms with Gasteiger partial charge in [-0.2, -0.15) is 0 Å². The van der Waals surface area contributed by atoms with Crippen molar-refractivity contribution in [2.75, 3.05) is 0 Å². The van der Waals surface area contributed by atoms with E-state index in [1.54, 1.807) is 0 Å². The van der Waals surface area contributed by atoms with Crippen LogP contribution in [0.3, 0.4) is 0 Å². The summed E-state index contributed by atoms with van der Waals surface area (Å²) in [7, 11) is 0. The molecule has 0 saturated carbocycles. The maximum Gasteiger partial charge on any atom is 0.136 e. The number of benzene rings is 1. The molecule has 0 spiro atoms. The Hall–Kier alpha value is -1.89. The van der Waals surface area contributed by atoms with Crippen LogP contribution in [0, 0.1) is 0 Å². The third kappa shape index (κ3) is 3.11. The van der Waals surface area contributed by atoms with Gasteiger partial charge in [-0.15, -0.1) is 0 Å². The number of carbonyl (C=O) groups is 1. The first-order valence-electron chi connectivity index (χ1n) is 6.88. The Bertz CT molecular complexity index is 547. The topological polar surface area (TPSA) is 17.1 Å². The van der Waals surface area contributed by atoms with E-state index in [1.807, 2.05) is 19.1 Å². The molecule has 1 aliphatic carbocycles. The molecule has 0 aromatic heterocycles. The molecule has 1 heteroatoms. The van der Waals surface area contributed by atoms with Crippen LogP contribution in [0.1, 0.15) is 37.3 Å². The van der Waals surface area contributed by atoms with E-state index in [2.05, 4.69) is 36.9 Å². The summed E-state index contributed by atoms with van der Waals surface area (Å²) in [5.41, 5.74) is 5.09. The van der Waals surface area contributed by atoms with Crippen molar-refractivity contribution in [2.24, 2.45) is 0 Å². The van der Waals surface area contributed by atoms with Crippen LogP contribution >= 0.6 is 0 Å². The number of allylic oxidation sites excluding steroid dienone is 5. The third-order valence-corrected chi connectivity index (χ3v) is 3.43. The largest absolute Gasteiger partial charge is 0.299 e. The van der Waals surface area contributed by atoms with E-state index in [0.717, 1.165) is 12.8 Å². The summed E-state index contributed by atoms with van der Waals surface area (Å²) in [6, 6.07) is 8.41. The van der Waals surface area contributed by atoms with E-state index in [4.69, 9.17) is 0 Å². The molecule has 1 nitrogen and oxygen atoms in total. The van der Waals surface area contributed by atoms with Crippen molar-refractivity contribution in [3.63, 3.8) is 0 Å². The smallest absolute Gasteiger partial charge is 0.136 e. The molecule has 0 unspecified atom stereocenters. The average Bonchev–Trinajstić information content (AvgIpc) is 2.76. The number of Topliss-reactive ketones (excluding diaryl/α,β-unsaturated/α-hetero) is 1. The van der Waals surface area contributed by atoms with Crippen molar-refractivity contribution in [3.05, 3.63) is 65.8 Å². The number of rotatable bonds is 6. The first-order valence-corrected chi connectivity index (χ1v) is 6.88. The van der Waals surface area contributed by atoms with Gasteiger partial charge in [0.15, 0.2) is 0 Å². The molecule has 1 aromatic rings. The molecule has 1 aliphatic rings. The number of hydrogen-bond acceptors (Lipinski definition) is 1. The van der Waals surface area contributed by atoms with Gasteiger partial charge in [0.2, 0.25) is 0 Å². The second kappa shape index (κ2) is 6.33. The first kappa shape index (κ1) is 13.5. The second-order valence-corrected chi connectivity index (χ2v) is 4.87. The Labute approximate surface area is 115 Å². The molecule has 98 valence electrons. The third-order valence-electron chi connectivity index (χ3n) is 3.43. The van der Waals surface area contributed by atoms with Crippen molar-refractivity contribution in [3.8, 4) is 0 Å². The van der Waals surface area contributed by atoms with Crippen LogP contribution in [0.5, 0.6) is 0 Å². The Morgan fingerprint density at radius 1 is 1.37 bits per heavy atom. The van der Waals surface area contributed by atoms with Gasteiger partial charge in [0.05, 0.1) is 0 Å². The maximum atomic E-state index is 11.5. The molecule has 0 fully saturated rings. The van der Waals surface area contributed by atoms with Crippen LogP contribution in [0.4, 0.5) is 0 Å². The zero-order valence-electron chi connectivity index (χ0n) is 11.5. The van der Waals surface area contributed by atoms with E-state index in [9.17, 15) is 4.79 Å². The van der Waals surface area contributed by atoms with Crippen LogP contribution in [0.15, 0.2) is 54.6 Å². The summed E-state index contributed by atoms with van der Waals surface area (Å²) >= 11 is 0. The Balaban J connectivity index is 2.11. The zero-order chi connectivity index (χ0) is 13.7. The monoisotopic (exact) mass is 252 g/mol. The van der Waals surface area contributed by atoms with E-state index < -0.39 is 0 Å². The number of carbonyl (C=O) groups excluding carboxylic acids is 1. The normalized spacial score (nSPS) is 13.9. The van der Waals surface area contributed by atoms with Gasteiger partial charge < -0.3 is 0 Å². The molecule has 0 aliphatic heterocycles. The molecular formula is C18H20O. The van der Waals surface area contributed by atoms with Gasteiger partial charge >= 0.3 is 0 Å². The number of fused-ring (bicyclic) bond motifs is 1. The lowest BCUT2D eigenvalue weighted by Gasteiger charge is -1.99. The fraction of sp³-hybridized carbons (Fsp3) is 0.278. The van der Waals surface area contributed by atoms with Crippen LogP contribution in [-0.4, -0.2) is 5.78 Å². The summed E-state index contributed by atoms with van der Waals surface area (Å²) in [5.74, 6) is 0.315. The van der Waals surface area contributed by atoms with E-state index >= 15 is 0 Å². The summed E-state index contributed by atoms with van der Waals surface area (Å²) in [6.45, 7) is 5.94. The zero-order valence-corrected chi connectivity index (χ0v) is 11.5. The quantitative estimate of drug-likeness (QED) is 0.728. The minimum absolute atomic E-state index is 0.315. The minimum Gasteiger partial charge on any atom is -0.299 e. The lowest BCUT2D eigenvalue weighted by Crippen LogP contribution is -1.93. The molecule has 0 radical (unpaired) electrons. The molecule has 0 amide bonds. The lowest BCUT2D eigenvalue weighted by molar-refractivity contribution is -0.118. The molecule has 0 atom stereocenters. The molecule has 0 N–H and O–H groups in total. The molecule has 0 bridgehead atoms. The number of ketones is 1. The standard InChI is InChI=1S/C18H20O/c1-3-8-16(19)11-7-10-14-13-15-9-5-6-12-18(15)17(14)4-2/h4-7,9-10,12H,2-3,8,11,13H2,1H3/b10-7-. The van der Waals surface area contributed by atoms with E-state index in [1.165, 1.54) is 22.3 Å². The van der Waals surface area contributed by atoms with Gasteiger partial charge in [-0.05, 0) is 35.1 Å². The average molecular weight is 252 g/mol. The van der Waals surface area contributed by atoms with Crippen molar-refractivity contribution in [2.45, 2.75) is 32.6 Å². The van der Waals surface area contributed by atoms with Crippen LogP contribution in [0.2, 0.25) is 0 Å². The van der Waals surface area contributed by atoms with Crippen LogP contribution in [0.25, 0.3) is 5.57 Å². The predicted molar refractivity (Wildman–Crippen MR) is 80.9 cm³/mol. The van der Waals surface area contributed by atoms with Crippen molar-refractivity contribution in [1.82, 2.24) is 0 Å². The highest BCUT2D eigenvalue weighted by molar-refractivity contribution is 5.84. The van der Waals surface area contributed by atoms with E-state index in [0.29, 0.717) is 18.6 Å². The van der Waals surface area contributed by atoms with Gasteiger partial charge in [-0.1, -0.05) is 56.0 Å². The predicted octanol–water partition coefficient (Wildman–Crippen LogP) is 4.50. The maximum absolute atomic E-state index is 11.5. The first-order chi connectivity index (χ1) is 9.26. The highest BCUT2D eigenvalue weighted by Gasteiger charge is 2.16. The molecular weight excluding hydrogens is 232 g/mol.